The molecule has 0 aliphatic heterocycles. The van der Waals surface area contributed by atoms with Gasteiger partial charge in [-0.2, -0.15) is 0 Å². The lowest BCUT2D eigenvalue weighted by atomic mass is 9.94. The van der Waals surface area contributed by atoms with Crippen molar-refractivity contribution in [2.45, 2.75) is 46.1 Å². The summed E-state index contributed by atoms with van der Waals surface area (Å²) in [6.45, 7) is 7.76. The van der Waals surface area contributed by atoms with Crippen LogP contribution in [0.15, 0.2) is 22.7 Å². The molecule has 0 bridgehead atoms. The molecule has 1 nitrogen and oxygen atoms in total. The summed E-state index contributed by atoms with van der Waals surface area (Å²) in [6.07, 6.45) is 3.48. The SMILES string of the molecule is CCCNC(CC(C)CC)c1cccc(Br)c1Cl. The van der Waals surface area contributed by atoms with E-state index in [-0.39, 0.29) is 0 Å². The van der Waals surface area contributed by atoms with E-state index in [4.69, 9.17) is 11.6 Å². The van der Waals surface area contributed by atoms with Crippen molar-refractivity contribution in [3.63, 3.8) is 0 Å². The van der Waals surface area contributed by atoms with Crippen LogP contribution in [0.3, 0.4) is 0 Å². The summed E-state index contributed by atoms with van der Waals surface area (Å²) in [6, 6.07) is 6.53. The second-order valence-corrected chi connectivity index (χ2v) is 6.13. The molecule has 0 aliphatic carbocycles. The molecule has 0 aliphatic rings. The molecule has 102 valence electrons. The van der Waals surface area contributed by atoms with Gasteiger partial charge in [0, 0.05) is 10.5 Å². The minimum Gasteiger partial charge on any atom is -0.310 e. The average Bonchev–Trinajstić information content (AvgIpc) is 2.37. The Bertz CT molecular complexity index is 368. The second kappa shape index (κ2) is 8.19. The van der Waals surface area contributed by atoms with Crippen LogP contribution in [0.4, 0.5) is 0 Å². The second-order valence-electron chi connectivity index (χ2n) is 4.90. The summed E-state index contributed by atoms with van der Waals surface area (Å²) in [7, 11) is 0. The molecule has 1 rings (SSSR count). The van der Waals surface area contributed by atoms with Gasteiger partial charge in [0.15, 0.2) is 0 Å². The van der Waals surface area contributed by atoms with Crippen molar-refractivity contribution < 1.29 is 0 Å². The summed E-state index contributed by atoms with van der Waals surface area (Å²) < 4.78 is 0.981. The van der Waals surface area contributed by atoms with Gasteiger partial charge in [0.25, 0.3) is 0 Å². The van der Waals surface area contributed by atoms with Gasteiger partial charge in [0.1, 0.15) is 0 Å². The molecule has 1 aromatic carbocycles. The fourth-order valence-electron chi connectivity index (χ4n) is 2.00. The molecule has 1 N–H and O–H groups in total. The fourth-order valence-corrected chi connectivity index (χ4v) is 2.64. The third-order valence-electron chi connectivity index (χ3n) is 3.33. The highest BCUT2D eigenvalue weighted by atomic mass is 79.9. The van der Waals surface area contributed by atoms with Gasteiger partial charge in [-0.3, -0.25) is 0 Å². The van der Waals surface area contributed by atoms with E-state index in [1.54, 1.807) is 0 Å². The first-order valence-electron chi connectivity index (χ1n) is 6.77. The Kier molecular flexibility index (Phi) is 7.28. The van der Waals surface area contributed by atoms with E-state index < -0.39 is 0 Å². The van der Waals surface area contributed by atoms with Crippen molar-refractivity contribution in [2.24, 2.45) is 5.92 Å². The molecule has 2 unspecified atom stereocenters. The van der Waals surface area contributed by atoms with Crippen LogP contribution < -0.4 is 5.32 Å². The monoisotopic (exact) mass is 331 g/mol. The number of rotatable bonds is 7. The van der Waals surface area contributed by atoms with Crippen molar-refractivity contribution in [1.82, 2.24) is 5.32 Å². The van der Waals surface area contributed by atoms with E-state index in [1.165, 1.54) is 12.0 Å². The molecule has 2 atom stereocenters. The molecule has 0 fully saturated rings. The van der Waals surface area contributed by atoms with Crippen molar-refractivity contribution in [3.8, 4) is 0 Å². The van der Waals surface area contributed by atoms with Gasteiger partial charge in [-0.25, -0.2) is 0 Å². The Balaban J connectivity index is 2.90. The van der Waals surface area contributed by atoms with E-state index in [1.807, 2.05) is 6.07 Å². The van der Waals surface area contributed by atoms with Crippen LogP contribution >= 0.6 is 27.5 Å². The smallest absolute Gasteiger partial charge is 0.0595 e. The van der Waals surface area contributed by atoms with Crippen LogP contribution in [0, 0.1) is 5.92 Å². The first kappa shape index (κ1) is 16.0. The largest absolute Gasteiger partial charge is 0.310 e. The van der Waals surface area contributed by atoms with Crippen LogP contribution in [0.5, 0.6) is 0 Å². The number of hydrogen-bond acceptors (Lipinski definition) is 1. The summed E-state index contributed by atoms with van der Waals surface area (Å²) in [5.74, 6) is 0.703. The van der Waals surface area contributed by atoms with Crippen molar-refractivity contribution in [3.05, 3.63) is 33.3 Å². The molecule has 0 saturated carbocycles. The van der Waals surface area contributed by atoms with E-state index in [2.05, 4.69) is 54.2 Å². The number of hydrogen-bond donors (Lipinski definition) is 1. The van der Waals surface area contributed by atoms with Crippen LogP contribution in [0.1, 0.15) is 51.6 Å². The van der Waals surface area contributed by atoms with Gasteiger partial charge >= 0.3 is 0 Å². The summed E-state index contributed by atoms with van der Waals surface area (Å²) >= 11 is 9.91. The summed E-state index contributed by atoms with van der Waals surface area (Å²) in [5.41, 5.74) is 1.21. The predicted molar refractivity (Wildman–Crippen MR) is 84.3 cm³/mol. The minimum atomic E-state index is 0.352. The zero-order valence-electron chi connectivity index (χ0n) is 11.5. The predicted octanol–water partition coefficient (Wildman–Crippen LogP) is 5.58. The fraction of sp³-hybridized carbons (Fsp3) is 0.600. The van der Waals surface area contributed by atoms with Gasteiger partial charge in [-0.05, 0) is 52.9 Å². The summed E-state index contributed by atoms with van der Waals surface area (Å²) in [4.78, 5) is 0. The quantitative estimate of drug-likeness (QED) is 0.687. The zero-order valence-corrected chi connectivity index (χ0v) is 13.8. The maximum Gasteiger partial charge on any atom is 0.0595 e. The number of halogens is 2. The van der Waals surface area contributed by atoms with E-state index in [0.717, 1.165) is 28.9 Å². The van der Waals surface area contributed by atoms with Gasteiger partial charge in [-0.15, -0.1) is 0 Å². The Labute approximate surface area is 124 Å². The van der Waals surface area contributed by atoms with Crippen LogP contribution in [0.25, 0.3) is 0 Å². The van der Waals surface area contributed by atoms with Crippen molar-refractivity contribution in [2.75, 3.05) is 6.54 Å². The van der Waals surface area contributed by atoms with Crippen molar-refractivity contribution >= 4 is 27.5 Å². The van der Waals surface area contributed by atoms with E-state index in [0.29, 0.717) is 12.0 Å². The topological polar surface area (TPSA) is 12.0 Å². The molecule has 0 heterocycles. The normalized spacial score (nSPS) is 14.5. The lowest BCUT2D eigenvalue weighted by Gasteiger charge is -2.23. The van der Waals surface area contributed by atoms with Crippen LogP contribution in [0.2, 0.25) is 5.02 Å². The molecule has 0 spiro atoms. The molecule has 3 heteroatoms. The lowest BCUT2D eigenvalue weighted by molar-refractivity contribution is 0.402. The minimum absolute atomic E-state index is 0.352. The highest BCUT2D eigenvalue weighted by Crippen LogP contribution is 2.33. The maximum atomic E-state index is 6.41. The molecule has 0 amide bonds. The molecular formula is C15H23BrClN. The summed E-state index contributed by atoms with van der Waals surface area (Å²) in [5, 5.41) is 4.46. The number of nitrogens with one attached hydrogen (secondary N) is 1. The Morgan fingerprint density at radius 1 is 1.33 bits per heavy atom. The first-order valence-corrected chi connectivity index (χ1v) is 7.94. The standard InChI is InChI=1S/C15H23BrClN/c1-4-9-18-14(10-11(3)5-2)12-7-6-8-13(16)15(12)17/h6-8,11,14,18H,4-5,9-10H2,1-3H3. The zero-order chi connectivity index (χ0) is 13.5. The Hall–Kier alpha value is -0.0500. The van der Waals surface area contributed by atoms with E-state index in [9.17, 15) is 0 Å². The highest BCUT2D eigenvalue weighted by Gasteiger charge is 2.17. The maximum absolute atomic E-state index is 6.41. The van der Waals surface area contributed by atoms with Crippen LogP contribution in [-0.4, -0.2) is 6.54 Å². The lowest BCUT2D eigenvalue weighted by Crippen LogP contribution is -2.24. The third-order valence-corrected chi connectivity index (χ3v) is 4.64. The van der Waals surface area contributed by atoms with Gasteiger partial charge in [0.05, 0.1) is 5.02 Å². The van der Waals surface area contributed by atoms with Crippen LogP contribution in [-0.2, 0) is 0 Å². The Morgan fingerprint density at radius 2 is 2.06 bits per heavy atom. The van der Waals surface area contributed by atoms with Gasteiger partial charge < -0.3 is 5.32 Å². The molecule has 0 saturated heterocycles. The third kappa shape index (κ3) is 4.56. The molecule has 1 aromatic rings. The van der Waals surface area contributed by atoms with Gasteiger partial charge in [-0.1, -0.05) is 50.9 Å². The average molecular weight is 333 g/mol. The first-order chi connectivity index (χ1) is 8.60. The van der Waals surface area contributed by atoms with Crippen molar-refractivity contribution in [1.29, 1.82) is 0 Å². The Morgan fingerprint density at radius 3 is 2.67 bits per heavy atom. The number of benzene rings is 1. The molecule has 0 radical (unpaired) electrons. The molecular weight excluding hydrogens is 310 g/mol. The van der Waals surface area contributed by atoms with E-state index >= 15 is 0 Å². The highest BCUT2D eigenvalue weighted by molar-refractivity contribution is 9.10. The molecule has 0 aromatic heterocycles. The molecule has 18 heavy (non-hydrogen) atoms. The van der Waals surface area contributed by atoms with Gasteiger partial charge in [0.2, 0.25) is 0 Å².